The quantitative estimate of drug-likeness (QED) is 0.831. The molecule has 3 fully saturated rings. The highest BCUT2D eigenvalue weighted by Crippen LogP contribution is 2.31. The number of halogens is 1. The van der Waals surface area contributed by atoms with E-state index in [4.69, 9.17) is 5.26 Å². The van der Waals surface area contributed by atoms with E-state index < -0.39 is 5.82 Å². The van der Waals surface area contributed by atoms with Crippen LogP contribution in [0.3, 0.4) is 0 Å². The van der Waals surface area contributed by atoms with Crippen LogP contribution in [0.15, 0.2) is 18.2 Å². The molecule has 0 radical (unpaired) electrons. The number of hydrogen-bond acceptors (Lipinski definition) is 4. The summed E-state index contributed by atoms with van der Waals surface area (Å²) in [6.07, 6.45) is 2.71. The Balaban J connectivity index is 1.41. The molecule has 2 amide bonds. The van der Waals surface area contributed by atoms with Gasteiger partial charge in [0.2, 0.25) is 11.8 Å². The lowest BCUT2D eigenvalue weighted by atomic mass is 10.1. The van der Waals surface area contributed by atoms with E-state index in [-0.39, 0.29) is 29.8 Å². The van der Waals surface area contributed by atoms with Gasteiger partial charge in [0.15, 0.2) is 0 Å². The van der Waals surface area contributed by atoms with Crippen molar-refractivity contribution in [1.29, 1.82) is 5.26 Å². The van der Waals surface area contributed by atoms with E-state index in [9.17, 15) is 14.0 Å². The van der Waals surface area contributed by atoms with Crippen molar-refractivity contribution in [2.75, 3.05) is 31.2 Å². The maximum absolute atomic E-state index is 14.2. The number of carbonyl (C=O) groups is 2. The zero-order valence-electron chi connectivity index (χ0n) is 13.8. The second-order valence-electron chi connectivity index (χ2n) is 6.98. The minimum absolute atomic E-state index is 0.0203. The number of nitriles is 1. The summed E-state index contributed by atoms with van der Waals surface area (Å²) in [7, 11) is 0. The van der Waals surface area contributed by atoms with Crippen LogP contribution in [-0.2, 0) is 9.59 Å². The molecule has 6 nitrogen and oxygen atoms in total. The van der Waals surface area contributed by atoms with Gasteiger partial charge < -0.3 is 14.7 Å². The molecule has 25 heavy (non-hydrogen) atoms. The maximum atomic E-state index is 14.2. The average molecular weight is 342 g/mol. The predicted molar refractivity (Wildman–Crippen MR) is 87.9 cm³/mol. The molecule has 0 N–H and O–H groups in total. The largest absolute Gasteiger partial charge is 0.368 e. The lowest BCUT2D eigenvalue weighted by Gasteiger charge is -2.22. The summed E-state index contributed by atoms with van der Waals surface area (Å²) in [6, 6.07) is 6.63. The molecule has 1 saturated carbocycles. The lowest BCUT2D eigenvalue weighted by Crippen LogP contribution is -2.37. The number of rotatable bonds is 3. The molecular weight excluding hydrogens is 323 g/mol. The molecular formula is C18H19FN4O2. The molecule has 3 aliphatic rings. The molecule has 7 heteroatoms. The average Bonchev–Trinajstić information content (AvgIpc) is 3.20. The van der Waals surface area contributed by atoms with Gasteiger partial charge in [0.05, 0.1) is 29.9 Å². The molecule has 1 aromatic rings. The van der Waals surface area contributed by atoms with Crippen LogP contribution >= 0.6 is 0 Å². The number of benzene rings is 1. The van der Waals surface area contributed by atoms with E-state index >= 15 is 0 Å². The van der Waals surface area contributed by atoms with Crippen LogP contribution in [0.4, 0.5) is 10.1 Å². The molecule has 1 atom stereocenters. The Bertz CT molecular complexity index is 771. The lowest BCUT2D eigenvalue weighted by molar-refractivity contribution is -0.135. The van der Waals surface area contributed by atoms with Gasteiger partial charge in [-0.2, -0.15) is 5.26 Å². The number of amides is 2. The van der Waals surface area contributed by atoms with Gasteiger partial charge in [-0.15, -0.1) is 0 Å². The zero-order valence-corrected chi connectivity index (χ0v) is 13.8. The van der Waals surface area contributed by atoms with Gasteiger partial charge in [0, 0.05) is 19.1 Å². The maximum Gasteiger partial charge on any atom is 0.243 e. The van der Waals surface area contributed by atoms with E-state index in [1.54, 1.807) is 21.9 Å². The van der Waals surface area contributed by atoms with Crippen LogP contribution in [0.5, 0.6) is 0 Å². The second-order valence-corrected chi connectivity index (χ2v) is 6.98. The molecule has 1 aliphatic carbocycles. The third kappa shape index (κ3) is 2.93. The first-order chi connectivity index (χ1) is 12.1. The molecule has 1 aromatic carbocycles. The summed E-state index contributed by atoms with van der Waals surface area (Å²) in [5, 5.41) is 8.83. The molecule has 0 aromatic heterocycles. The van der Waals surface area contributed by atoms with Gasteiger partial charge in [-0.25, -0.2) is 4.39 Å². The van der Waals surface area contributed by atoms with Crippen molar-refractivity contribution in [3.63, 3.8) is 0 Å². The Hall–Kier alpha value is -2.62. The van der Waals surface area contributed by atoms with E-state index in [1.165, 1.54) is 6.07 Å². The van der Waals surface area contributed by atoms with Gasteiger partial charge in [0.25, 0.3) is 0 Å². The highest BCUT2D eigenvalue weighted by Gasteiger charge is 2.42. The first-order valence-electron chi connectivity index (χ1n) is 8.59. The molecule has 0 spiro atoms. The molecule has 2 saturated heterocycles. The van der Waals surface area contributed by atoms with Crippen molar-refractivity contribution in [2.45, 2.75) is 25.3 Å². The van der Waals surface area contributed by atoms with E-state index in [0.717, 1.165) is 12.8 Å². The summed E-state index contributed by atoms with van der Waals surface area (Å²) in [5.74, 6) is -0.651. The van der Waals surface area contributed by atoms with Crippen LogP contribution in [0.25, 0.3) is 0 Å². The van der Waals surface area contributed by atoms with Crippen molar-refractivity contribution in [2.24, 2.45) is 5.92 Å². The number of nitrogens with zero attached hydrogens (tertiary/aromatic N) is 4. The third-order valence-electron chi connectivity index (χ3n) is 5.22. The van der Waals surface area contributed by atoms with Crippen molar-refractivity contribution in [1.82, 2.24) is 9.80 Å². The molecule has 0 bridgehead atoms. The normalized spacial score (nSPS) is 23.3. The number of anilines is 1. The van der Waals surface area contributed by atoms with E-state index in [2.05, 4.69) is 0 Å². The molecule has 2 aliphatic heterocycles. The Labute approximate surface area is 145 Å². The molecule has 2 heterocycles. The highest BCUT2D eigenvalue weighted by atomic mass is 19.1. The van der Waals surface area contributed by atoms with Gasteiger partial charge in [-0.3, -0.25) is 9.59 Å². The van der Waals surface area contributed by atoms with Crippen LogP contribution < -0.4 is 4.90 Å². The topological polar surface area (TPSA) is 67.6 Å². The SMILES string of the molecule is N#Cc1ccc(N2CCC(C(=O)N3CC(=O)N(C4CC4)C3)C2)c(F)c1. The van der Waals surface area contributed by atoms with Gasteiger partial charge >= 0.3 is 0 Å². The van der Waals surface area contributed by atoms with Crippen molar-refractivity contribution in [3.8, 4) is 6.07 Å². The third-order valence-corrected chi connectivity index (χ3v) is 5.22. The highest BCUT2D eigenvalue weighted by molar-refractivity contribution is 5.89. The van der Waals surface area contributed by atoms with Gasteiger partial charge in [-0.05, 0) is 37.5 Å². The van der Waals surface area contributed by atoms with Crippen molar-refractivity contribution in [3.05, 3.63) is 29.6 Å². The fourth-order valence-corrected chi connectivity index (χ4v) is 3.69. The van der Waals surface area contributed by atoms with Crippen molar-refractivity contribution < 1.29 is 14.0 Å². The first kappa shape index (κ1) is 15.9. The number of hydrogen-bond donors (Lipinski definition) is 0. The Kier molecular flexibility index (Phi) is 3.83. The Morgan fingerprint density at radius 3 is 2.76 bits per heavy atom. The first-order valence-corrected chi connectivity index (χ1v) is 8.59. The fourth-order valence-electron chi connectivity index (χ4n) is 3.69. The summed E-state index contributed by atoms with van der Waals surface area (Å²) < 4.78 is 14.2. The summed E-state index contributed by atoms with van der Waals surface area (Å²) in [4.78, 5) is 30.0. The Morgan fingerprint density at radius 2 is 2.08 bits per heavy atom. The smallest absolute Gasteiger partial charge is 0.243 e. The van der Waals surface area contributed by atoms with Crippen LogP contribution in [0, 0.1) is 23.1 Å². The monoisotopic (exact) mass is 342 g/mol. The van der Waals surface area contributed by atoms with Crippen LogP contribution in [0.1, 0.15) is 24.8 Å². The molecule has 4 rings (SSSR count). The summed E-state index contributed by atoms with van der Waals surface area (Å²) in [5.41, 5.74) is 0.704. The minimum atomic E-state index is -0.441. The molecule has 1 unspecified atom stereocenters. The van der Waals surface area contributed by atoms with Crippen LogP contribution in [-0.4, -0.2) is 54.0 Å². The summed E-state index contributed by atoms with van der Waals surface area (Å²) in [6.45, 7) is 1.59. The van der Waals surface area contributed by atoms with E-state index in [0.29, 0.717) is 37.9 Å². The zero-order chi connectivity index (χ0) is 17.6. The second kappa shape index (κ2) is 6.03. The number of carbonyl (C=O) groups excluding carboxylic acids is 2. The van der Waals surface area contributed by atoms with Gasteiger partial charge in [-0.1, -0.05) is 0 Å². The predicted octanol–water partition coefficient (Wildman–Crippen LogP) is 1.31. The molecule has 130 valence electrons. The van der Waals surface area contributed by atoms with E-state index in [1.807, 2.05) is 11.0 Å². The van der Waals surface area contributed by atoms with Gasteiger partial charge in [0.1, 0.15) is 12.4 Å². The Morgan fingerprint density at radius 1 is 1.28 bits per heavy atom. The summed E-state index contributed by atoms with van der Waals surface area (Å²) >= 11 is 0. The standard InChI is InChI=1S/C18H19FN4O2/c19-15-7-12(8-20)1-4-16(15)21-6-5-13(9-21)18(25)22-10-17(24)23(11-22)14-2-3-14/h1,4,7,13-14H,2-3,5-6,9-11H2. The van der Waals surface area contributed by atoms with Crippen molar-refractivity contribution >= 4 is 17.5 Å². The fraction of sp³-hybridized carbons (Fsp3) is 0.500. The minimum Gasteiger partial charge on any atom is -0.368 e. The van der Waals surface area contributed by atoms with Crippen LogP contribution in [0.2, 0.25) is 0 Å².